The third-order valence-electron chi connectivity index (χ3n) is 3.89. The van der Waals surface area contributed by atoms with E-state index in [4.69, 9.17) is 21.1 Å². The molecule has 1 heterocycles. The van der Waals surface area contributed by atoms with Gasteiger partial charge in [0.25, 0.3) is 11.6 Å². The molecule has 0 aliphatic heterocycles. The van der Waals surface area contributed by atoms with Crippen molar-refractivity contribution < 1.29 is 19.2 Å². The molecule has 0 spiro atoms. The van der Waals surface area contributed by atoms with Gasteiger partial charge in [0.2, 0.25) is 0 Å². The summed E-state index contributed by atoms with van der Waals surface area (Å²) < 4.78 is 10.5. The molecule has 0 saturated heterocycles. The lowest BCUT2D eigenvalue weighted by molar-refractivity contribution is -0.385. The fourth-order valence-corrected chi connectivity index (χ4v) is 3.40. The normalized spacial score (nSPS) is 10.4. The number of nitrogens with one attached hydrogen (secondary N) is 1. The van der Waals surface area contributed by atoms with Crippen molar-refractivity contribution in [2.75, 3.05) is 19.0 Å². The number of nitro groups is 1. The number of nitro benzene ring substituents is 1. The minimum Gasteiger partial charge on any atom is -0.493 e. The van der Waals surface area contributed by atoms with Crippen LogP contribution in [0.5, 0.6) is 11.5 Å². The summed E-state index contributed by atoms with van der Waals surface area (Å²) in [5.41, 5.74) is 0.946. The van der Waals surface area contributed by atoms with E-state index in [0.717, 1.165) is 5.56 Å². The zero-order chi connectivity index (χ0) is 21.0. The summed E-state index contributed by atoms with van der Waals surface area (Å²) in [6.07, 6.45) is 0. The van der Waals surface area contributed by atoms with Gasteiger partial charge in [-0.25, -0.2) is 4.98 Å². The van der Waals surface area contributed by atoms with Crippen LogP contribution in [-0.4, -0.2) is 29.5 Å². The highest BCUT2D eigenvalue weighted by atomic mass is 35.5. The minimum absolute atomic E-state index is 0.150. The van der Waals surface area contributed by atoms with Crippen molar-refractivity contribution >= 4 is 39.7 Å². The van der Waals surface area contributed by atoms with Gasteiger partial charge in [0, 0.05) is 22.0 Å². The Morgan fingerprint density at radius 3 is 2.62 bits per heavy atom. The number of nitrogens with zero attached hydrogens (tertiary/aromatic N) is 2. The van der Waals surface area contributed by atoms with Gasteiger partial charge in [-0.1, -0.05) is 23.7 Å². The van der Waals surface area contributed by atoms with E-state index in [1.807, 2.05) is 12.1 Å². The molecule has 0 fully saturated rings. The van der Waals surface area contributed by atoms with Gasteiger partial charge in [0.15, 0.2) is 16.6 Å². The predicted octanol–water partition coefficient (Wildman–Crippen LogP) is 5.03. The molecule has 1 aromatic heterocycles. The van der Waals surface area contributed by atoms with Crippen molar-refractivity contribution in [2.24, 2.45) is 0 Å². The van der Waals surface area contributed by atoms with Crippen LogP contribution in [0.15, 0.2) is 41.8 Å². The third-order valence-corrected chi connectivity index (χ3v) is 4.90. The Labute approximate surface area is 175 Å². The quantitative estimate of drug-likeness (QED) is 0.414. The number of aromatic nitrogens is 1. The van der Waals surface area contributed by atoms with Crippen LogP contribution in [0.3, 0.4) is 0 Å². The topological polar surface area (TPSA) is 104 Å². The van der Waals surface area contributed by atoms with Crippen molar-refractivity contribution in [1.82, 2.24) is 4.98 Å². The van der Waals surface area contributed by atoms with E-state index in [-0.39, 0.29) is 17.1 Å². The average molecular weight is 434 g/mol. The van der Waals surface area contributed by atoms with E-state index in [0.29, 0.717) is 22.5 Å². The van der Waals surface area contributed by atoms with Crippen LogP contribution in [-0.2, 0) is 0 Å². The summed E-state index contributed by atoms with van der Waals surface area (Å²) >= 11 is 7.10. The molecule has 0 radical (unpaired) electrons. The van der Waals surface area contributed by atoms with Gasteiger partial charge >= 0.3 is 0 Å². The maximum atomic E-state index is 12.7. The zero-order valence-electron chi connectivity index (χ0n) is 15.5. The number of amides is 1. The highest BCUT2D eigenvalue weighted by Gasteiger charge is 2.25. The first kappa shape index (κ1) is 20.6. The van der Waals surface area contributed by atoms with Gasteiger partial charge in [-0.15, -0.1) is 11.3 Å². The molecular formula is C19H16ClN3O5S. The number of halogens is 1. The second kappa shape index (κ2) is 8.89. The first-order chi connectivity index (χ1) is 13.9. The highest BCUT2D eigenvalue weighted by Crippen LogP contribution is 2.35. The summed E-state index contributed by atoms with van der Waals surface area (Å²) in [6, 6.07) is 9.57. The number of hydrogen-bond donors (Lipinski definition) is 1. The number of benzene rings is 2. The fourth-order valence-electron chi connectivity index (χ4n) is 2.56. The minimum atomic E-state index is -0.669. The second-order valence-corrected chi connectivity index (χ2v) is 7.00. The van der Waals surface area contributed by atoms with Gasteiger partial charge in [-0.2, -0.15) is 0 Å². The van der Waals surface area contributed by atoms with E-state index < -0.39 is 16.5 Å². The summed E-state index contributed by atoms with van der Waals surface area (Å²) in [4.78, 5) is 27.9. The maximum absolute atomic E-state index is 12.7. The van der Waals surface area contributed by atoms with Gasteiger partial charge in [-0.05, 0) is 19.1 Å². The van der Waals surface area contributed by atoms with Crippen LogP contribution in [0.1, 0.15) is 17.3 Å². The first-order valence-electron chi connectivity index (χ1n) is 8.45. The number of rotatable bonds is 7. The standard InChI is InChI=1S/C19H16ClN3O5S/c1-3-28-17-8-13(15(23(25)26)9-16(17)27-2)18(24)22-19-21-14(10-29-19)11-4-6-12(20)7-5-11/h4-10H,3H2,1-2H3,(H,21,22,24). The van der Waals surface area contributed by atoms with Crippen LogP contribution in [0, 0.1) is 10.1 Å². The lowest BCUT2D eigenvalue weighted by Crippen LogP contribution is -2.14. The molecule has 0 unspecified atom stereocenters. The Morgan fingerprint density at radius 2 is 2.00 bits per heavy atom. The molecule has 3 aromatic rings. The Hall–Kier alpha value is -3.17. The lowest BCUT2D eigenvalue weighted by Gasteiger charge is -2.11. The molecule has 0 atom stereocenters. The first-order valence-corrected chi connectivity index (χ1v) is 9.70. The monoisotopic (exact) mass is 433 g/mol. The Kier molecular flexibility index (Phi) is 6.30. The maximum Gasteiger partial charge on any atom is 0.286 e. The van der Waals surface area contributed by atoms with Crippen molar-refractivity contribution in [2.45, 2.75) is 6.92 Å². The number of anilines is 1. The smallest absolute Gasteiger partial charge is 0.286 e. The molecule has 0 aliphatic rings. The molecule has 1 N–H and O–H groups in total. The zero-order valence-corrected chi connectivity index (χ0v) is 17.0. The molecule has 29 heavy (non-hydrogen) atoms. The number of hydrogen-bond acceptors (Lipinski definition) is 7. The van der Waals surface area contributed by atoms with E-state index in [1.165, 1.54) is 30.6 Å². The number of ether oxygens (including phenoxy) is 2. The van der Waals surface area contributed by atoms with Gasteiger partial charge < -0.3 is 9.47 Å². The van der Waals surface area contributed by atoms with Gasteiger partial charge in [0.05, 0.1) is 30.4 Å². The Morgan fingerprint density at radius 1 is 1.28 bits per heavy atom. The molecule has 10 heteroatoms. The molecule has 0 bridgehead atoms. The number of thiazole rings is 1. The summed E-state index contributed by atoms with van der Waals surface area (Å²) in [6.45, 7) is 2.07. The summed E-state index contributed by atoms with van der Waals surface area (Å²) in [5.74, 6) is -0.251. The molecule has 150 valence electrons. The highest BCUT2D eigenvalue weighted by molar-refractivity contribution is 7.14. The molecule has 2 aromatic carbocycles. The van der Waals surface area contributed by atoms with Crippen molar-refractivity contribution in [1.29, 1.82) is 0 Å². The fraction of sp³-hybridized carbons (Fsp3) is 0.158. The summed E-state index contributed by atoms with van der Waals surface area (Å²) in [5, 5.41) is 16.7. The van der Waals surface area contributed by atoms with E-state index in [2.05, 4.69) is 10.3 Å². The van der Waals surface area contributed by atoms with Crippen molar-refractivity contribution in [3.05, 3.63) is 62.5 Å². The Bertz CT molecular complexity index is 1050. The largest absolute Gasteiger partial charge is 0.493 e. The SMILES string of the molecule is CCOc1cc(C(=O)Nc2nc(-c3ccc(Cl)cc3)cs2)c([N+](=O)[O-])cc1OC. The average Bonchev–Trinajstić information content (AvgIpc) is 3.16. The van der Waals surface area contributed by atoms with Crippen LogP contribution in [0.4, 0.5) is 10.8 Å². The van der Waals surface area contributed by atoms with Gasteiger partial charge in [0.1, 0.15) is 5.56 Å². The Balaban J connectivity index is 1.89. The second-order valence-electron chi connectivity index (χ2n) is 5.71. The molecule has 3 rings (SSSR count). The van der Waals surface area contributed by atoms with Crippen molar-refractivity contribution in [3.63, 3.8) is 0 Å². The van der Waals surface area contributed by atoms with E-state index in [9.17, 15) is 14.9 Å². The predicted molar refractivity (Wildman–Crippen MR) is 111 cm³/mol. The summed E-state index contributed by atoms with van der Waals surface area (Å²) in [7, 11) is 1.37. The molecule has 0 saturated carbocycles. The molecular weight excluding hydrogens is 418 g/mol. The third kappa shape index (κ3) is 4.64. The lowest BCUT2D eigenvalue weighted by atomic mass is 10.1. The van der Waals surface area contributed by atoms with E-state index >= 15 is 0 Å². The molecule has 1 amide bonds. The molecule has 8 nitrogen and oxygen atoms in total. The number of carbonyl (C=O) groups excluding carboxylic acids is 1. The van der Waals surface area contributed by atoms with Crippen LogP contribution >= 0.6 is 22.9 Å². The molecule has 0 aliphatic carbocycles. The number of methoxy groups -OCH3 is 1. The van der Waals surface area contributed by atoms with Gasteiger partial charge in [-0.3, -0.25) is 20.2 Å². The van der Waals surface area contributed by atoms with E-state index in [1.54, 1.807) is 24.4 Å². The van der Waals surface area contributed by atoms with Crippen LogP contribution < -0.4 is 14.8 Å². The van der Waals surface area contributed by atoms with Crippen LogP contribution in [0.2, 0.25) is 5.02 Å². The number of carbonyl (C=O) groups is 1. The van der Waals surface area contributed by atoms with Crippen molar-refractivity contribution in [3.8, 4) is 22.8 Å². The van der Waals surface area contributed by atoms with Crippen LogP contribution in [0.25, 0.3) is 11.3 Å².